The molecule has 1 heteroatoms. The van der Waals surface area contributed by atoms with Crippen LogP contribution in [0.4, 0.5) is 0 Å². The van der Waals surface area contributed by atoms with Crippen molar-refractivity contribution in [2.24, 2.45) is 0 Å². The van der Waals surface area contributed by atoms with E-state index in [1.807, 2.05) is 0 Å². The van der Waals surface area contributed by atoms with Crippen molar-refractivity contribution in [1.29, 1.82) is 0 Å². The number of allylic oxidation sites excluding steroid dienone is 6. The lowest BCUT2D eigenvalue weighted by Crippen LogP contribution is -1.94. The summed E-state index contributed by atoms with van der Waals surface area (Å²) in [6.07, 6.45) is 10.2. The fourth-order valence-corrected chi connectivity index (χ4v) is 6.26. The molecule has 0 amide bonds. The average Bonchev–Trinajstić information content (AvgIpc) is 3.24. The first-order valence-corrected chi connectivity index (χ1v) is 13.5. The van der Waals surface area contributed by atoms with Crippen molar-refractivity contribution in [3.63, 3.8) is 0 Å². The molecule has 0 fully saturated rings. The van der Waals surface area contributed by atoms with Gasteiger partial charge in [0.1, 0.15) is 0 Å². The van der Waals surface area contributed by atoms with Gasteiger partial charge in [-0.3, -0.25) is 0 Å². The van der Waals surface area contributed by atoms with Crippen LogP contribution in [0.15, 0.2) is 140 Å². The molecular formula is C38H25N. The van der Waals surface area contributed by atoms with E-state index >= 15 is 0 Å². The molecule has 1 aliphatic rings. The summed E-state index contributed by atoms with van der Waals surface area (Å²) in [7, 11) is 0. The van der Waals surface area contributed by atoms with Gasteiger partial charge >= 0.3 is 0 Å². The van der Waals surface area contributed by atoms with E-state index in [0.29, 0.717) is 0 Å². The third-order valence-corrected chi connectivity index (χ3v) is 8.01. The summed E-state index contributed by atoms with van der Waals surface area (Å²) in [6.45, 7) is 0. The number of benzene rings is 6. The first-order valence-electron chi connectivity index (χ1n) is 13.5. The molecule has 39 heavy (non-hydrogen) atoms. The molecule has 1 nitrogen and oxygen atoms in total. The molecule has 0 saturated heterocycles. The third-order valence-electron chi connectivity index (χ3n) is 8.01. The van der Waals surface area contributed by atoms with E-state index in [9.17, 15) is 0 Å². The molecule has 0 aliphatic heterocycles. The predicted molar refractivity (Wildman–Crippen MR) is 168 cm³/mol. The van der Waals surface area contributed by atoms with Crippen LogP contribution in [-0.2, 0) is 0 Å². The Morgan fingerprint density at radius 3 is 1.87 bits per heavy atom. The molecule has 1 aromatic heterocycles. The van der Waals surface area contributed by atoms with Crippen LogP contribution >= 0.6 is 0 Å². The summed E-state index contributed by atoms with van der Waals surface area (Å²) in [5, 5.41) is 9.88. The van der Waals surface area contributed by atoms with Crippen LogP contribution in [0.3, 0.4) is 0 Å². The second kappa shape index (κ2) is 8.79. The van der Waals surface area contributed by atoms with Crippen LogP contribution in [0.25, 0.3) is 65.3 Å². The van der Waals surface area contributed by atoms with Crippen molar-refractivity contribution in [2.75, 3.05) is 0 Å². The van der Waals surface area contributed by atoms with E-state index in [2.05, 4.69) is 140 Å². The highest BCUT2D eigenvalue weighted by Gasteiger charge is 2.17. The fraction of sp³-hybridized carbons (Fsp3) is 0.0263. The van der Waals surface area contributed by atoms with E-state index in [1.165, 1.54) is 65.4 Å². The summed E-state index contributed by atoms with van der Waals surface area (Å²) in [4.78, 5) is 5.18. The molecule has 0 spiro atoms. The largest absolute Gasteiger partial charge is 0.247 e. The fourth-order valence-electron chi connectivity index (χ4n) is 6.26. The molecule has 0 unspecified atom stereocenters. The van der Waals surface area contributed by atoms with E-state index in [-0.39, 0.29) is 0 Å². The number of hydrogen-bond acceptors (Lipinski definition) is 1. The Balaban J connectivity index is 1.46. The number of nitrogens with zero attached hydrogens (tertiary/aromatic N) is 1. The molecule has 7 aromatic rings. The van der Waals surface area contributed by atoms with Crippen LogP contribution in [-0.4, -0.2) is 4.98 Å². The molecule has 0 radical (unpaired) electrons. The number of para-hydroxylation sites is 1. The lowest BCUT2D eigenvalue weighted by atomic mass is 9.89. The SMILES string of the molecule is C1=CC(c2c3ccccc3cc3ccccc23)=CC(c2c3ccccc3nc3c2ccc2ccccc23)=CC1. The Morgan fingerprint density at radius 1 is 0.487 bits per heavy atom. The third kappa shape index (κ3) is 3.51. The van der Waals surface area contributed by atoms with Crippen LogP contribution < -0.4 is 0 Å². The van der Waals surface area contributed by atoms with Crippen molar-refractivity contribution < 1.29 is 0 Å². The van der Waals surface area contributed by atoms with Crippen molar-refractivity contribution in [3.8, 4) is 0 Å². The Morgan fingerprint density at radius 2 is 1.10 bits per heavy atom. The molecule has 0 saturated carbocycles. The van der Waals surface area contributed by atoms with E-state index in [0.717, 1.165) is 17.5 Å². The zero-order valence-electron chi connectivity index (χ0n) is 21.4. The number of aromatic nitrogens is 1. The standard InChI is InChI=1S/C38H25N/c1-2-15-29(24-28(14-1)36-30-16-6-4-12-26(30)23-27-13-5-7-17-31(27)36)37-33-19-9-10-20-35(33)39-38-32-18-8-3-11-25(32)21-22-34(37)38/h1,3-24H,2H2. The van der Waals surface area contributed by atoms with Gasteiger partial charge in [0.25, 0.3) is 0 Å². The van der Waals surface area contributed by atoms with Crippen molar-refractivity contribution in [2.45, 2.75) is 6.42 Å². The number of pyridine rings is 1. The van der Waals surface area contributed by atoms with E-state index in [4.69, 9.17) is 4.98 Å². The highest BCUT2D eigenvalue weighted by molar-refractivity contribution is 6.17. The van der Waals surface area contributed by atoms with Gasteiger partial charge in [-0.05, 0) is 68.3 Å². The quantitative estimate of drug-likeness (QED) is 0.172. The molecule has 0 bridgehead atoms. The van der Waals surface area contributed by atoms with Gasteiger partial charge < -0.3 is 0 Å². The highest BCUT2D eigenvalue weighted by atomic mass is 14.7. The van der Waals surface area contributed by atoms with Crippen molar-refractivity contribution in [3.05, 3.63) is 151 Å². The summed E-state index contributed by atoms with van der Waals surface area (Å²) in [5.41, 5.74) is 7.12. The average molecular weight is 496 g/mol. The Labute approximate surface area is 227 Å². The summed E-state index contributed by atoms with van der Waals surface area (Å²) >= 11 is 0. The molecular weight excluding hydrogens is 470 g/mol. The molecule has 1 aliphatic carbocycles. The lowest BCUT2D eigenvalue weighted by Gasteiger charge is -2.16. The van der Waals surface area contributed by atoms with Crippen LogP contribution in [0, 0.1) is 0 Å². The maximum atomic E-state index is 5.18. The highest BCUT2D eigenvalue weighted by Crippen LogP contribution is 2.40. The normalized spacial score (nSPS) is 13.7. The number of hydrogen-bond donors (Lipinski definition) is 0. The summed E-state index contributed by atoms with van der Waals surface area (Å²) in [6, 6.07) is 41.4. The Bertz CT molecular complexity index is 2140. The molecule has 1 heterocycles. The predicted octanol–water partition coefficient (Wildman–Crippen LogP) is 10.3. The molecule has 0 N–H and O–H groups in total. The Hall–Kier alpha value is -5.01. The molecule has 0 atom stereocenters. The number of fused-ring (bicyclic) bond motifs is 6. The van der Waals surface area contributed by atoms with Gasteiger partial charge in [-0.25, -0.2) is 4.98 Å². The summed E-state index contributed by atoms with van der Waals surface area (Å²) < 4.78 is 0. The van der Waals surface area contributed by atoms with E-state index < -0.39 is 0 Å². The minimum absolute atomic E-state index is 0.879. The second-order valence-corrected chi connectivity index (χ2v) is 10.3. The van der Waals surface area contributed by atoms with Crippen molar-refractivity contribution in [1.82, 2.24) is 4.98 Å². The van der Waals surface area contributed by atoms with Gasteiger partial charge in [-0.1, -0.05) is 121 Å². The zero-order chi connectivity index (χ0) is 25.8. The minimum Gasteiger partial charge on any atom is -0.247 e. The smallest absolute Gasteiger partial charge is 0.0794 e. The topological polar surface area (TPSA) is 12.9 Å². The number of rotatable bonds is 2. The van der Waals surface area contributed by atoms with Crippen LogP contribution in [0.1, 0.15) is 17.5 Å². The maximum Gasteiger partial charge on any atom is 0.0794 e. The van der Waals surface area contributed by atoms with Gasteiger partial charge in [0.05, 0.1) is 11.0 Å². The van der Waals surface area contributed by atoms with Crippen LogP contribution in [0.2, 0.25) is 0 Å². The second-order valence-electron chi connectivity index (χ2n) is 10.3. The monoisotopic (exact) mass is 495 g/mol. The van der Waals surface area contributed by atoms with Gasteiger partial charge in [0.2, 0.25) is 0 Å². The zero-order valence-corrected chi connectivity index (χ0v) is 21.4. The van der Waals surface area contributed by atoms with Gasteiger partial charge in [-0.2, -0.15) is 0 Å². The lowest BCUT2D eigenvalue weighted by molar-refractivity contribution is 1.41. The maximum absolute atomic E-state index is 5.18. The van der Waals surface area contributed by atoms with Crippen LogP contribution in [0.5, 0.6) is 0 Å². The van der Waals surface area contributed by atoms with Gasteiger partial charge in [0.15, 0.2) is 0 Å². The molecule has 6 aromatic carbocycles. The first-order chi connectivity index (χ1) is 19.3. The Kier molecular flexibility index (Phi) is 4.96. The van der Waals surface area contributed by atoms with Gasteiger partial charge in [-0.15, -0.1) is 0 Å². The summed E-state index contributed by atoms with van der Waals surface area (Å²) in [5.74, 6) is 0. The first kappa shape index (κ1) is 22.0. The van der Waals surface area contributed by atoms with Crippen molar-refractivity contribution >= 4 is 65.3 Å². The molecule has 8 rings (SSSR count). The minimum atomic E-state index is 0.879. The molecule has 182 valence electrons. The van der Waals surface area contributed by atoms with Gasteiger partial charge in [0, 0.05) is 21.7 Å². The van der Waals surface area contributed by atoms with E-state index in [1.54, 1.807) is 0 Å².